The van der Waals surface area contributed by atoms with E-state index >= 15 is 0 Å². The van der Waals surface area contributed by atoms with Gasteiger partial charge in [0.2, 0.25) is 0 Å². The number of carbonyl (C=O) groups is 1. The summed E-state index contributed by atoms with van der Waals surface area (Å²) in [6.07, 6.45) is 0. The van der Waals surface area contributed by atoms with Gasteiger partial charge in [0.25, 0.3) is 5.91 Å². The molecule has 1 saturated heterocycles. The number of amides is 1. The fraction of sp³-hybridized carbons (Fsp3) is 0.400. The quantitative estimate of drug-likeness (QED) is 0.620. The van der Waals surface area contributed by atoms with Gasteiger partial charge in [0.15, 0.2) is 11.7 Å². The zero-order valence-electron chi connectivity index (χ0n) is 12.6. The van der Waals surface area contributed by atoms with Gasteiger partial charge in [0.05, 0.1) is 15.8 Å². The Hall–Kier alpha value is -1.25. The number of aliphatic imine (C=N–C) groups is 2. The van der Waals surface area contributed by atoms with Crippen LogP contribution in [-0.4, -0.2) is 67.1 Å². The van der Waals surface area contributed by atoms with Gasteiger partial charge >= 0.3 is 0 Å². The molecule has 3 heterocycles. The minimum absolute atomic E-state index is 0.124. The maximum Gasteiger partial charge on any atom is 0.267 e. The Bertz CT molecular complexity index is 752. The van der Waals surface area contributed by atoms with E-state index in [1.165, 1.54) is 0 Å². The van der Waals surface area contributed by atoms with Crippen molar-refractivity contribution in [3.63, 3.8) is 0 Å². The minimum Gasteiger partial charge on any atom is -0.351 e. The smallest absolute Gasteiger partial charge is 0.267 e. The molecule has 4 rings (SSSR count). The standard InChI is InChI=1S/C15H15Br2N5O/c1-20-4-6-21(7-5-20)14-15-19-11(23)8-22(15)13-10(18-14)3-2-9(16)12(13)17/h2-3H,4-8H2,1H3. The number of piperazine rings is 1. The number of anilines is 1. The van der Waals surface area contributed by atoms with E-state index < -0.39 is 0 Å². The van der Waals surface area contributed by atoms with Crippen LogP contribution in [0.25, 0.3) is 0 Å². The number of hydrogen-bond donors (Lipinski definition) is 0. The Morgan fingerprint density at radius 2 is 1.78 bits per heavy atom. The highest BCUT2D eigenvalue weighted by Crippen LogP contribution is 2.44. The first-order valence-electron chi connectivity index (χ1n) is 7.44. The predicted octanol–water partition coefficient (Wildman–Crippen LogP) is 2.25. The molecule has 0 aliphatic carbocycles. The van der Waals surface area contributed by atoms with Crippen molar-refractivity contribution < 1.29 is 4.79 Å². The van der Waals surface area contributed by atoms with Crippen molar-refractivity contribution in [2.24, 2.45) is 9.98 Å². The summed E-state index contributed by atoms with van der Waals surface area (Å²) in [6.45, 7) is 4.02. The van der Waals surface area contributed by atoms with Gasteiger partial charge in [-0.1, -0.05) is 0 Å². The summed E-state index contributed by atoms with van der Waals surface area (Å²) >= 11 is 7.12. The van der Waals surface area contributed by atoms with Gasteiger partial charge in [-0.3, -0.25) is 4.79 Å². The van der Waals surface area contributed by atoms with Gasteiger partial charge < -0.3 is 14.7 Å². The van der Waals surface area contributed by atoms with E-state index in [0.717, 1.165) is 52.3 Å². The maximum absolute atomic E-state index is 12.0. The van der Waals surface area contributed by atoms with Crippen LogP contribution in [0.3, 0.4) is 0 Å². The third-order valence-corrected chi connectivity index (χ3v) is 6.32. The molecule has 1 fully saturated rings. The van der Waals surface area contributed by atoms with Crippen LogP contribution < -0.4 is 4.90 Å². The highest BCUT2D eigenvalue weighted by Gasteiger charge is 2.37. The van der Waals surface area contributed by atoms with Crippen LogP contribution in [0.5, 0.6) is 0 Å². The van der Waals surface area contributed by atoms with Crippen molar-refractivity contribution in [2.45, 2.75) is 0 Å². The van der Waals surface area contributed by atoms with Crippen LogP contribution in [0, 0.1) is 0 Å². The zero-order valence-corrected chi connectivity index (χ0v) is 15.8. The van der Waals surface area contributed by atoms with Gasteiger partial charge in [0, 0.05) is 30.7 Å². The molecule has 0 N–H and O–H groups in total. The van der Waals surface area contributed by atoms with Crippen LogP contribution >= 0.6 is 31.9 Å². The van der Waals surface area contributed by atoms with E-state index in [1.807, 2.05) is 17.0 Å². The van der Waals surface area contributed by atoms with Crippen molar-refractivity contribution in [1.29, 1.82) is 0 Å². The first kappa shape index (κ1) is 15.3. The number of nitrogens with zero attached hydrogens (tertiary/aromatic N) is 5. The lowest BCUT2D eigenvalue weighted by molar-refractivity contribution is -0.115. The van der Waals surface area contributed by atoms with Crippen LogP contribution in [0.15, 0.2) is 31.1 Å². The van der Waals surface area contributed by atoms with E-state index in [-0.39, 0.29) is 12.5 Å². The van der Waals surface area contributed by atoms with E-state index in [2.05, 4.69) is 53.7 Å². The molecule has 3 aliphatic rings. The average Bonchev–Trinajstić information content (AvgIpc) is 2.92. The normalized spacial score (nSPS) is 21.1. The molecule has 0 bridgehead atoms. The number of fused-ring (bicyclic) bond motifs is 3. The van der Waals surface area contributed by atoms with Gasteiger partial charge in [-0.25, -0.2) is 4.99 Å². The summed E-state index contributed by atoms with van der Waals surface area (Å²) in [6, 6.07) is 3.94. The molecule has 23 heavy (non-hydrogen) atoms. The monoisotopic (exact) mass is 439 g/mol. The summed E-state index contributed by atoms with van der Waals surface area (Å²) < 4.78 is 1.84. The molecule has 0 saturated carbocycles. The van der Waals surface area contributed by atoms with Gasteiger partial charge in [-0.2, -0.15) is 4.99 Å². The number of hydrogen-bond acceptors (Lipinski definition) is 5. The zero-order chi connectivity index (χ0) is 16.1. The SMILES string of the molecule is CN1CCN(C2=Nc3ccc(Br)c(Br)c3N3CC(=O)N=C23)CC1. The topological polar surface area (TPSA) is 51.5 Å². The molecule has 0 atom stereocenters. The molecule has 8 heteroatoms. The molecule has 0 aromatic heterocycles. The molecule has 1 aromatic carbocycles. The molecule has 120 valence electrons. The Morgan fingerprint density at radius 3 is 2.52 bits per heavy atom. The molecule has 6 nitrogen and oxygen atoms in total. The third-order valence-electron chi connectivity index (χ3n) is 4.33. The van der Waals surface area contributed by atoms with Gasteiger partial charge in [-0.15, -0.1) is 0 Å². The Kier molecular flexibility index (Phi) is 3.78. The summed E-state index contributed by atoms with van der Waals surface area (Å²) in [7, 11) is 2.12. The number of amidine groups is 2. The number of halogens is 2. The summed E-state index contributed by atoms with van der Waals surface area (Å²) in [4.78, 5) is 27.5. The van der Waals surface area contributed by atoms with Crippen molar-refractivity contribution in [3.05, 3.63) is 21.1 Å². The summed E-state index contributed by atoms with van der Waals surface area (Å²) in [5.41, 5.74) is 1.77. The molecular formula is C15H15Br2N5O. The van der Waals surface area contributed by atoms with E-state index in [1.54, 1.807) is 0 Å². The molecular weight excluding hydrogens is 426 g/mol. The lowest BCUT2D eigenvalue weighted by atomic mass is 10.2. The fourth-order valence-corrected chi connectivity index (χ4v) is 3.92. The average molecular weight is 441 g/mol. The van der Waals surface area contributed by atoms with Crippen molar-refractivity contribution in [2.75, 3.05) is 44.7 Å². The largest absolute Gasteiger partial charge is 0.351 e. The number of likely N-dealkylation sites (N-methyl/N-ethyl adjacent to an activating group) is 1. The molecule has 1 amide bonds. The summed E-state index contributed by atoms with van der Waals surface area (Å²) in [5, 5.41) is 0. The molecule has 0 spiro atoms. The van der Waals surface area contributed by atoms with E-state index in [4.69, 9.17) is 4.99 Å². The molecule has 0 unspecified atom stereocenters. The Morgan fingerprint density at radius 1 is 1.04 bits per heavy atom. The fourth-order valence-electron chi connectivity index (χ4n) is 3.05. The van der Waals surface area contributed by atoms with E-state index in [0.29, 0.717) is 5.84 Å². The molecule has 0 radical (unpaired) electrons. The second-order valence-corrected chi connectivity index (χ2v) is 7.52. The number of benzene rings is 1. The van der Waals surface area contributed by atoms with Crippen LogP contribution in [0.1, 0.15) is 0 Å². The van der Waals surface area contributed by atoms with Crippen molar-refractivity contribution in [3.8, 4) is 0 Å². The lowest BCUT2D eigenvalue weighted by Gasteiger charge is -2.38. The Labute approximate surface area is 151 Å². The van der Waals surface area contributed by atoms with Gasteiger partial charge in [-0.05, 0) is 51.0 Å². The second-order valence-electron chi connectivity index (χ2n) is 5.87. The maximum atomic E-state index is 12.0. The highest BCUT2D eigenvalue weighted by atomic mass is 79.9. The number of carbonyl (C=O) groups excluding carboxylic acids is 1. The Balaban J connectivity index is 1.82. The highest BCUT2D eigenvalue weighted by molar-refractivity contribution is 9.13. The van der Waals surface area contributed by atoms with E-state index in [9.17, 15) is 4.79 Å². The molecule has 3 aliphatic heterocycles. The second kappa shape index (κ2) is 5.68. The van der Waals surface area contributed by atoms with Crippen LogP contribution in [0.4, 0.5) is 11.4 Å². The third kappa shape index (κ3) is 2.53. The lowest BCUT2D eigenvalue weighted by Crippen LogP contribution is -2.52. The molecule has 1 aromatic rings. The first-order chi connectivity index (χ1) is 11.0. The van der Waals surface area contributed by atoms with Crippen molar-refractivity contribution >= 4 is 60.8 Å². The number of rotatable bonds is 0. The minimum atomic E-state index is -0.124. The summed E-state index contributed by atoms with van der Waals surface area (Å²) in [5.74, 6) is 1.36. The van der Waals surface area contributed by atoms with Crippen LogP contribution in [0.2, 0.25) is 0 Å². The predicted molar refractivity (Wildman–Crippen MR) is 97.8 cm³/mol. The first-order valence-corrected chi connectivity index (χ1v) is 9.03. The van der Waals surface area contributed by atoms with Gasteiger partial charge in [0.1, 0.15) is 6.54 Å². The van der Waals surface area contributed by atoms with Crippen LogP contribution in [-0.2, 0) is 4.79 Å². The van der Waals surface area contributed by atoms with Crippen molar-refractivity contribution in [1.82, 2.24) is 9.80 Å².